The van der Waals surface area contributed by atoms with Crippen molar-refractivity contribution in [1.29, 1.82) is 0 Å². The molecule has 7 aromatic carbocycles. The summed E-state index contributed by atoms with van der Waals surface area (Å²) >= 11 is 0. The van der Waals surface area contributed by atoms with Crippen molar-refractivity contribution in [2.45, 2.75) is 126 Å². The fourth-order valence-corrected chi connectivity index (χ4v) is 10.7. The van der Waals surface area contributed by atoms with Gasteiger partial charge in [-0.05, 0) is 159 Å². The standard InChI is InChI=1S/C21H16.C15H14.C8H10O2S.C7H7N3.C5H7N.C5H10O2S.C4H6N2.C2H4N4.8CH4/c1-15-10-12-16(13-11-15)14-21-19-8-4-2-6-17(19)18-7-3-5-9-20(18)21;1-13-7-9-15(10-8-13)12-11-14-5-3-2-4-6-14;1-7-3-5-8(6-4-7)11(2,9)10;1-5-2-3-6-7(4-5)9-10-8-6;1-5-3-2-4-6-5;1-5-2-3-8(6,7)4-5;1-4-2-3-5-6-4;1-2-3-5-6-4-2;;;;;;;;/h2-14H,1H3;2-12H,1H3;3-6H,1-2H3;2-4H,1H3,(H,8,9,10);2-4,6H,1H3;5H,2-4H2,1H3;2-3H,1H3,(H,5,6);1H3,(H,3,4,5,6);8*1H4/b;12-11+;;;;;;;;;;;;;;. The van der Waals surface area contributed by atoms with Crippen molar-refractivity contribution in [2.75, 3.05) is 17.8 Å². The molecule has 5 heterocycles. The Morgan fingerprint density at radius 2 is 0.978 bits per heavy atom. The van der Waals surface area contributed by atoms with E-state index in [0.717, 1.165) is 28.7 Å². The van der Waals surface area contributed by atoms with E-state index in [2.05, 4.69) is 205 Å². The van der Waals surface area contributed by atoms with Gasteiger partial charge in [0.15, 0.2) is 25.5 Å². The largest absolute Gasteiger partial charge is 0.365 e. The van der Waals surface area contributed by atoms with E-state index in [-0.39, 0.29) is 59.4 Å². The van der Waals surface area contributed by atoms with Crippen LogP contribution in [0.3, 0.4) is 0 Å². The van der Waals surface area contributed by atoms with E-state index in [9.17, 15) is 16.8 Å². The number of aryl methyl sites for hydroxylation is 7. The number of nitrogens with zero attached hydrogens (tertiary/aromatic N) is 6. The van der Waals surface area contributed by atoms with Gasteiger partial charge in [0.1, 0.15) is 11.0 Å². The molecule has 1 aliphatic carbocycles. The fraction of sp³-hybridized carbons (Fsp3) is 0.280. The first-order valence-corrected chi connectivity index (χ1v) is 30.8. The van der Waals surface area contributed by atoms with Gasteiger partial charge in [0.05, 0.1) is 16.4 Å². The number of aromatic amines is 4. The van der Waals surface area contributed by atoms with Crippen LogP contribution in [-0.2, 0) is 19.7 Å². The van der Waals surface area contributed by atoms with Gasteiger partial charge in [-0.1, -0.05) is 246 Å². The lowest BCUT2D eigenvalue weighted by Gasteiger charge is -2.03. The van der Waals surface area contributed by atoms with E-state index in [4.69, 9.17) is 0 Å². The van der Waals surface area contributed by atoms with Gasteiger partial charge in [0.25, 0.3) is 0 Å². The van der Waals surface area contributed by atoms with E-state index in [1.165, 1.54) is 73.2 Å². The highest BCUT2D eigenvalue weighted by molar-refractivity contribution is 7.91. The summed E-state index contributed by atoms with van der Waals surface area (Å²) in [5.74, 6) is 1.90. The first-order chi connectivity index (χ1) is 39.8. The summed E-state index contributed by atoms with van der Waals surface area (Å²) in [6.45, 7) is 15.9. The molecule has 91 heavy (non-hydrogen) atoms. The summed E-state index contributed by atoms with van der Waals surface area (Å²) in [6.07, 6.45) is 12.3. The van der Waals surface area contributed by atoms with E-state index in [1.54, 1.807) is 37.4 Å². The van der Waals surface area contributed by atoms with Crippen LogP contribution in [0.15, 0.2) is 205 Å². The molecule has 0 spiro atoms. The minimum atomic E-state index is -3.02. The number of hydrogen-bond acceptors (Lipinski definition) is 10. The average molecular weight is 1280 g/mol. The van der Waals surface area contributed by atoms with Gasteiger partial charge in [-0.3, -0.25) is 5.10 Å². The highest BCUT2D eigenvalue weighted by atomic mass is 32.2. The van der Waals surface area contributed by atoms with Crippen molar-refractivity contribution in [3.63, 3.8) is 0 Å². The van der Waals surface area contributed by atoms with Crippen LogP contribution in [0.1, 0.15) is 140 Å². The Labute approximate surface area is 548 Å². The number of fused-ring (bicyclic) bond motifs is 4. The molecule has 1 fully saturated rings. The van der Waals surface area contributed by atoms with Gasteiger partial charge in [0, 0.05) is 30.0 Å². The van der Waals surface area contributed by atoms with Gasteiger partial charge in [0.2, 0.25) is 0 Å². The molecule has 0 saturated carbocycles. The van der Waals surface area contributed by atoms with Gasteiger partial charge in [-0.2, -0.15) is 25.7 Å². The highest BCUT2D eigenvalue weighted by Crippen LogP contribution is 2.44. The number of rotatable bonds is 4. The van der Waals surface area contributed by atoms with Crippen molar-refractivity contribution in [3.05, 3.63) is 268 Å². The number of sulfone groups is 2. The maximum Gasteiger partial charge on any atom is 0.175 e. The number of H-pyrrole nitrogens is 4. The summed E-state index contributed by atoms with van der Waals surface area (Å²) in [7, 11) is -5.62. The van der Waals surface area contributed by atoms with Crippen molar-refractivity contribution in [3.8, 4) is 11.1 Å². The van der Waals surface area contributed by atoms with Crippen LogP contribution >= 0.6 is 0 Å². The van der Waals surface area contributed by atoms with Gasteiger partial charge in [-0.25, -0.2) is 16.8 Å². The third kappa shape index (κ3) is 30.3. The summed E-state index contributed by atoms with van der Waals surface area (Å²) in [5.41, 5.74) is 19.4. The van der Waals surface area contributed by atoms with Crippen molar-refractivity contribution >= 4 is 54.5 Å². The highest BCUT2D eigenvalue weighted by Gasteiger charge is 2.24. The zero-order valence-corrected chi connectivity index (χ0v) is 50.2. The topological polar surface area (TPSA) is 209 Å². The minimum absolute atomic E-state index is 0. The Kier molecular flexibility index (Phi) is 41.2. The van der Waals surface area contributed by atoms with Crippen LogP contribution in [0.2, 0.25) is 0 Å². The second-order valence-corrected chi connectivity index (χ2v) is 24.4. The zero-order chi connectivity index (χ0) is 59.6. The zero-order valence-electron chi connectivity index (χ0n) is 48.6. The van der Waals surface area contributed by atoms with Gasteiger partial charge < -0.3 is 4.98 Å². The van der Waals surface area contributed by atoms with Crippen LogP contribution in [0.5, 0.6) is 0 Å². The molecule has 2 aliphatic rings. The lowest BCUT2D eigenvalue weighted by molar-refractivity contribution is 0.598. The Hall–Kier alpha value is -9.12. The predicted molar refractivity (Wildman–Crippen MR) is 394 cm³/mol. The number of hydrogen-bond donors (Lipinski definition) is 4. The molecule has 0 radical (unpaired) electrons. The van der Waals surface area contributed by atoms with Crippen LogP contribution in [0.4, 0.5) is 0 Å². The molecule has 0 amide bonds. The molecular weight excluding hydrogens is 1170 g/mol. The molecular formula is C75H106N10O4S2. The molecule has 13 rings (SSSR count). The molecule has 11 aromatic rings. The lowest BCUT2D eigenvalue weighted by atomic mass is 10.0. The van der Waals surface area contributed by atoms with E-state index in [0.29, 0.717) is 28.1 Å². The average Bonchev–Trinajstić information content (AvgIpc) is 1.66. The SMILES string of the molecule is C.C.C.C.C.C.C.C.CC1CCS(=O)(=O)C1.Cc1ccc(/C=C/c2ccccc2)cc1.Cc1ccc(C=C2c3ccccc3-c3ccccc32)cc1.Cc1ccc(S(C)(=O)=O)cc1.Cc1ccc2n[nH]nc2c1.Cc1ccc[nH]1.Cc1ccn[nH]1.Cc1nn[nH]n1. The number of tetrazole rings is 1. The molecule has 492 valence electrons. The maximum absolute atomic E-state index is 10.9. The summed E-state index contributed by atoms with van der Waals surface area (Å²) < 4.78 is 43.2. The van der Waals surface area contributed by atoms with Crippen LogP contribution < -0.4 is 0 Å². The van der Waals surface area contributed by atoms with Crippen molar-refractivity contribution in [1.82, 2.24) is 51.2 Å². The Morgan fingerprint density at radius 3 is 1.35 bits per heavy atom. The maximum atomic E-state index is 10.9. The van der Waals surface area contributed by atoms with E-state index < -0.39 is 19.7 Å². The Balaban J connectivity index is -0.000000999. The Morgan fingerprint density at radius 1 is 0.495 bits per heavy atom. The molecule has 4 aromatic heterocycles. The monoisotopic (exact) mass is 1270 g/mol. The van der Waals surface area contributed by atoms with Gasteiger partial charge >= 0.3 is 0 Å². The number of aromatic nitrogens is 10. The number of benzene rings is 7. The smallest absolute Gasteiger partial charge is 0.175 e. The van der Waals surface area contributed by atoms with Crippen molar-refractivity contribution < 1.29 is 16.8 Å². The van der Waals surface area contributed by atoms with E-state index >= 15 is 0 Å². The summed E-state index contributed by atoms with van der Waals surface area (Å²) in [6, 6.07) is 63.6. The summed E-state index contributed by atoms with van der Waals surface area (Å²) in [4.78, 5) is 3.38. The molecule has 1 saturated heterocycles. The number of nitrogens with one attached hydrogen (secondary N) is 4. The molecule has 16 heteroatoms. The van der Waals surface area contributed by atoms with Gasteiger partial charge in [-0.15, -0.1) is 10.2 Å². The first-order valence-electron chi connectivity index (χ1n) is 27.1. The van der Waals surface area contributed by atoms with Crippen molar-refractivity contribution in [2.24, 2.45) is 5.92 Å². The lowest BCUT2D eigenvalue weighted by Crippen LogP contribution is -2.01. The normalized spacial score (nSPS) is 11.9. The quantitative estimate of drug-likeness (QED) is 0.123. The Bertz CT molecular complexity index is 3810. The molecule has 1 atom stereocenters. The first kappa shape index (κ1) is 86.1. The minimum Gasteiger partial charge on any atom is -0.365 e. The molecule has 1 unspecified atom stereocenters. The third-order valence-corrected chi connectivity index (χ3v) is 15.7. The predicted octanol–water partition coefficient (Wildman–Crippen LogP) is 19.5. The van der Waals surface area contributed by atoms with Crippen LogP contribution in [0, 0.1) is 54.4 Å². The summed E-state index contributed by atoms with van der Waals surface area (Å²) in [5, 5.41) is 29.6. The van der Waals surface area contributed by atoms with Crippen LogP contribution in [0.25, 0.3) is 46.0 Å². The van der Waals surface area contributed by atoms with Crippen LogP contribution in [-0.4, -0.2) is 85.8 Å². The van der Waals surface area contributed by atoms with E-state index in [1.807, 2.05) is 83.3 Å². The fourth-order valence-electron chi connectivity index (χ4n) is 8.14. The molecule has 1 aliphatic heterocycles. The molecule has 4 N–H and O–H groups in total. The second-order valence-electron chi connectivity index (χ2n) is 20.2. The second kappa shape index (κ2) is 43.5. The molecule has 14 nitrogen and oxygen atoms in total. The molecule has 0 bridgehead atoms. The third-order valence-electron chi connectivity index (χ3n) is 12.7.